The molecule has 5 nitrogen and oxygen atoms in total. The standard InChI is InChI=1S/C23H23ClN2O3/c1-16-7-6-10-19(11-16)25-14-17-12-20(24)23(21(13-17)28-2)29-15-22(27)26-18-8-4-3-5-9-18/h3-13,25H,14-15H2,1-2H3,(H,26,27). The van der Waals surface area contributed by atoms with Gasteiger partial charge in [-0.2, -0.15) is 0 Å². The molecule has 0 atom stereocenters. The van der Waals surface area contributed by atoms with Crippen LogP contribution in [0.15, 0.2) is 66.7 Å². The van der Waals surface area contributed by atoms with Gasteiger partial charge in [-0.05, 0) is 54.4 Å². The monoisotopic (exact) mass is 410 g/mol. The van der Waals surface area contributed by atoms with Crippen LogP contribution in [0.3, 0.4) is 0 Å². The number of carbonyl (C=O) groups is 1. The molecule has 0 aliphatic rings. The number of halogens is 1. The molecule has 150 valence electrons. The average molecular weight is 411 g/mol. The zero-order valence-corrected chi connectivity index (χ0v) is 17.1. The number of methoxy groups -OCH3 is 1. The Kier molecular flexibility index (Phi) is 6.98. The fourth-order valence-electron chi connectivity index (χ4n) is 2.83. The molecule has 0 aliphatic carbocycles. The van der Waals surface area contributed by atoms with Crippen molar-refractivity contribution in [3.8, 4) is 11.5 Å². The lowest BCUT2D eigenvalue weighted by Gasteiger charge is -2.15. The number of hydrogen-bond donors (Lipinski definition) is 2. The first kappa shape index (κ1) is 20.6. The zero-order valence-electron chi connectivity index (χ0n) is 16.4. The van der Waals surface area contributed by atoms with Gasteiger partial charge in [-0.3, -0.25) is 4.79 Å². The summed E-state index contributed by atoms with van der Waals surface area (Å²) in [6.45, 7) is 2.45. The molecule has 6 heteroatoms. The first-order chi connectivity index (χ1) is 14.0. The highest BCUT2D eigenvalue weighted by atomic mass is 35.5. The van der Waals surface area contributed by atoms with Gasteiger partial charge in [0, 0.05) is 17.9 Å². The fourth-order valence-corrected chi connectivity index (χ4v) is 3.12. The summed E-state index contributed by atoms with van der Waals surface area (Å²) in [5, 5.41) is 6.51. The summed E-state index contributed by atoms with van der Waals surface area (Å²) in [4.78, 5) is 12.1. The van der Waals surface area contributed by atoms with Gasteiger partial charge in [0.25, 0.3) is 5.91 Å². The van der Waals surface area contributed by atoms with E-state index in [0.29, 0.717) is 28.8 Å². The lowest BCUT2D eigenvalue weighted by molar-refractivity contribution is -0.118. The minimum absolute atomic E-state index is 0.175. The van der Waals surface area contributed by atoms with Crippen LogP contribution in [0.25, 0.3) is 0 Å². The Hall–Kier alpha value is -3.18. The molecule has 0 saturated carbocycles. The van der Waals surface area contributed by atoms with Crippen molar-refractivity contribution in [3.63, 3.8) is 0 Å². The average Bonchev–Trinajstić information content (AvgIpc) is 2.72. The number of ether oxygens (including phenoxy) is 2. The molecule has 2 N–H and O–H groups in total. The number of benzene rings is 3. The number of anilines is 2. The van der Waals surface area contributed by atoms with Gasteiger partial charge in [-0.15, -0.1) is 0 Å². The maximum absolute atomic E-state index is 12.1. The van der Waals surface area contributed by atoms with E-state index in [0.717, 1.165) is 11.3 Å². The van der Waals surface area contributed by atoms with Crippen LogP contribution in [0.2, 0.25) is 5.02 Å². The topological polar surface area (TPSA) is 59.6 Å². The van der Waals surface area contributed by atoms with E-state index < -0.39 is 0 Å². The van der Waals surface area contributed by atoms with Crippen molar-refractivity contribution in [2.45, 2.75) is 13.5 Å². The fraction of sp³-hybridized carbons (Fsp3) is 0.174. The van der Waals surface area contributed by atoms with E-state index in [1.165, 1.54) is 5.56 Å². The van der Waals surface area contributed by atoms with E-state index in [1.807, 2.05) is 61.5 Å². The predicted molar refractivity (Wildman–Crippen MR) is 117 cm³/mol. The number of aryl methyl sites for hydroxylation is 1. The van der Waals surface area contributed by atoms with Crippen LogP contribution >= 0.6 is 11.6 Å². The lowest BCUT2D eigenvalue weighted by atomic mass is 10.1. The smallest absolute Gasteiger partial charge is 0.262 e. The second-order valence-corrected chi connectivity index (χ2v) is 6.94. The van der Waals surface area contributed by atoms with E-state index in [2.05, 4.69) is 16.7 Å². The van der Waals surface area contributed by atoms with Crippen LogP contribution in [0.4, 0.5) is 11.4 Å². The van der Waals surface area contributed by atoms with E-state index in [4.69, 9.17) is 21.1 Å². The van der Waals surface area contributed by atoms with Gasteiger partial charge in [0.2, 0.25) is 0 Å². The van der Waals surface area contributed by atoms with Crippen LogP contribution in [-0.4, -0.2) is 19.6 Å². The number of para-hydroxylation sites is 1. The predicted octanol–water partition coefficient (Wildman–Crippen LogP) is 5.29. The molecular weight excluding hydrogens is 388 g/mol. The largest absolute Gasteiger partial charge is 0.493 e. The molecule has 3 aromatic rings. The Labute approximate surface area is 175 Å². The van der Waals surface area contributed by atoms with Crippen molar-refractivity contribution in [2.24, 2.45) is 0 Å². The summed E-state index contributed by atoms with van der Waals surface area (Å²) in [7, 11) is 1.54. The Morgan fingerprint density at radius 3 is 2.48 bits per heavy atom. The summed E-state index contributed by atoms with van der Waals surface area (Å²) in [5.41, 5.74) is 3.85. The maximum Gasteiger partial charge on any atom is 0.262 e. The molecule has 29 heavy (non-hydrogen) atoms. The molecule has 0 unspecified atom stereocenters. The molecule has 0 spiro atoms. The van der Waals surface area contributed by atoms with Crippen LogP contribution in [0.1, 0.15) is 11.1 Å². The molecule has 0 fully saturated rings. The Morgan fingerprint density at radius 2 is 1.76 bits per heavy atom. The van der Waals surface area contributed by atoms with E-state index in [1.54, 1.807) is 13.2 Å². The number of carbonyl (C=O) groups excluding carboxylic acids is 1. The molecule has 0 saturated heterocycles. The third kappa shape index (κ3) is 5.90. The number of hydrogen-bond acceptors (Lipinski definition) is 4. The molecule has 0 aliphatic heterocycles. The third-order valence-electron chi connectivity index (χ3n) is 4.21. The van der Waals surface area contributed by atoms with Crippen LogP contribution in [0.5, 0.6) is 11.5 Å². The van der Waals surface area contributed by atoms with E-state index >= 15 is 0 Å². The maximum atomic E-state index is 12.1. The summed E-state index contributed by atoms with van der Waals surface area (Å²) in [6.07, 6.45) is 0. The van der Waals surface area contributed by atoms with Gasteiger partial charge in [0.05, 0.1) is 12.1 Å². The van der Waals surface area contributed by atoms with Crippen molar-refractivity contribution < 1.29 is 14.3 Å². The second-order valence-electron chi connectivity index (χ2n) is 6.53. The quantitative estimate of drug-likeness (QED) is 0.530. The lowest BCUT2D eigenvalue weighted by Crippen LogP contribution is -2.20. The number of rotatable bonds is 8. The first-order valence-corrected chi connectivity index (χ1v) is 9.57. The van der Waals surface area contributed by atoms with Crippen LogP contribution in [-0.2, 0) is 11.3 Å². The SMILES string of the molecule is COc1cc(CNc2cccc(C)c2)cc(Cl)c1OCC(=O)Nc1ccccc1. The van der Waals surface area contributed by atoms with Gasteiger partial charge < -0.3 is 20.1 Å². The number of nitrogens with one attached hydrogen (secondary N) is 2. The molecule has 0 aromatic heterocycles. The van der Waals surface area contributed by atoms with Crippen molar-refractivity contribution in [1.29, 1.82) is 0 Å². The minimum Gasteiger partial charge on any atom is -0.493 e. The first-order valence-electron chi connectivity index (χ1n) is 9.20. The van der Waals surface area contributed by atoms with Gasteiger partial charge in [-0.1, -0.05) is 41.9 Å². The van der Waals surface area contributed by atoms with Crippen molar-refractivity contribution >= 4 is 28.9 Å². The van der Waals surface area contributed by atoms with Crippen molar-refractivity contribution in [2.75, 3.05) is 24.4 Å². The highest BCUT2D eigenvalue weighted by Gasteiger charge is 2.14. The summed E-state index contributed by atoms with van der Waals surface area (Å²) < 4.78 is 11.1. The van der Waals surface area contributed by atoms with E-state index in [-0.39, 0.29) is 12.5 Å². The normalized spacial score (nSPS) is 10.3. The zero-order chi connectivity index (χ0) is 20.6. The van der Waals surface area contributed by atoms with Gasteiger partial charge >= 0.3 is 0 Å². The van der Waals surface area contributed by atoms with Crippen LogP contribution in [0, 0.1) is 6.92 Å². The Balaban J connectivity index is 1.64. The van der Waals surface area contributed by atoms with Crippen LogP contribution < -0.4 is 20.1 Å². The van der Waals surface area contributed by atoms with Gasteiger partial charge in [0.15, 0.2) is 18.1 Å². The van der Waals surface area contributed by atoms with E-state index in [9.17, 15) is 4.79 Å². The molecule has 3 aromatic carbocycles. The van der Waals surface area contributed by atoms with Gasteiger partial charge in [0.1, 0.15) is 0 Å². The molecule has 0 heterocycles. The molecule has 1 amide bonds. The minimum atomic E-state index is -0.278. The second kappa shape index (κ2) is 9.85. The summed E-state index contributed by atoms with van der Waals surface area (Å²) in [5.74, 6) is 0.544. The molecule has 3 rings (SSSR count). The molecular formula is C23H23ClN2O3. The summed E-state index contributed by atoms with van der Waals surface area (Å²) >= 11 is 6.40. The number of amides is 1. The molecule has 0 bridgehead atoms. The highest BCUT2D eigenvalue weighted by Crippen LogP contribution is 2.36. The highest BCUT2D eigenvalue weighted by molar-refractivity contribution is 6.32. The Morgan fingerprint density at radius 1 is 1.00 bits per heavy atom. The molecule has 0 radical (unpaired) electrons. The Bertz CT molecular complexity index is 977. The van der Waals surface area contributed by atoms with Crippen molar-refractivity contribution in [3.05, 3.63) is 82.9 Å². The third-order valence-corrected chi connectivity index (χ3v) is 4.49. The summed E-state index contributed by atoms with van der Waals surface area (Å²) in [6, 6.07) is 21.0. The van der Waals surface area contributed by atoms with Crippen molar-refractivity contribution in [1.82, 2.24) is 0 Å². The van der Waals surface area contributed by atoms with Gasteiger partial charge in [-0.25, -0.2) is 0 Å².